The highest BCUT2D eigenvalue weighted by atomic mass is 32.1. The summed E-state index contributed by atoms with van der Waals surface area (Å²) in [7, 11) is 0. The fourth-order valence-electron chi connectivity index (χ4n) is 3.80. The Morgan fingerprint density at radius 1 is 1.19 bits per heavy atom. The molecular formula is C24H33N3O3S. The largest absolute Gasteiger partial charge is 0.491 e. The Morgan fingerprint density at radius 2 is 1.97 bits per heavy atom. The second-order valence-corrected chi connectivity index (χ2v) is 8.93. The second-order valence-electron chi connectivity index (χ2n) is 7.93. The van der Waals surface area contributed by atoms with Crippen molar-refractivity contribution in [2.24, 2.45) is 0 Å². The smallest absolute Gasteiger partial charge is 0.317 e. The molecule has 0 saturated carbocycles. The third-order valence-electron chi connectivity index (χ3n) is 5.48. The predicted octanol–water partition coefficient (Wildman–Crippen LogP) is 4.39. The molecule has 6 nitrogen and oxygen atoms in total. The van der Waals surface area contributed by atoms with Crippen LogP contribution in [0.1, 0.15) is 48.7 Å². The summed E-state index contributed by atoms with van der Waals surface area (Å²) in [5.41, 5.74) is 2.34. The van der Waals surface area contributed by atoms with Crippen LogP contribution in [-0.4, -0.2) is 54.5 Å². The van der Waals surface area contributed by atoms with Crippen molar-refractivity contribution in [2.75, 3.05) is 32.8 Å². The number of ether oxygens (including phenoxy) is 1. The molecule has 0 saturated heterocycles. The van der Waals surface area contributed by atoms with Crippen molar-refractivity contribution < 1.29 is 14.3 Å². The van der Waals surface area contributed by atoms with Gasteiger partial charge in [-0.05, 0) is 55.3 Å². The molecule has 0 aliphatic carbocycles. The molecule has 31 heavy (non-hydrogen) atoms. The maximum absolute atomic E-state index is 13.3. The minimum absolute atomic E-state index is 0.0329. The van der Waals surface area contributed by atoms with Crippen molar-refractivity contribution in [3.8, 4) is 5.75 Å². The highest BCUT2D eigenvalue weighted by Crippen LogP contribution is 2.34. The lowest BCUT2D eigenvalue weighted by Crippen LogP contribution is -2.50. The number of aryl methyl sites for hydroxylation is 1. The number of hydrogen-bond acceptors (Lipinski definition) is 4. The second kappa shape index (κ2) is 11.2. The fraction of sp³-hybridized carbons (Fsp3) is 0.500. The van der Waals surface area contributed by atoms with E-state index >= 15 is 0 Å². The molecule has 0 fully saturated rings. The Labute approximate surface area is 189 Å². The maximum Gasteiger partial charge on any atom is 0.317 e. The van der Waals surface area contributed by atoms with Crippen molar-refractivity contribution in [3.05, 3.63) is 51.7 Å². The van der Waals surface area contributed by atoms with Gasteiger partial charge in [0.15, 0.2) is 0 Å². The first-order valence-electron chi connectivity index (χ1n) is 11.1. The standard InChI is InChI=1S/C24H33N3O3S/c1-4-12-25-24(29)26(13-5-2)16-23(28)27-14-10-22-20(11-15-31-22)21(27)17-30-19-8-6-18(3)7-9-19/h6-9,11,15,21H,4-5,10,12-14,16-17H2,1-3H3,(H,25,29)/t21-/m0/s1. The molecule has 168 valence electrons. The van der Waals surface area contributed by atoms with Gasteiger partial charge in [0.25, 0.3) is 0 Å². The maximum atomic E-state index is 13.3. The van der Waals surface area contributed by atoms with Crippen LogP contribution in [0.15, 0.2) is 35.7 Å². The van der Waals surface area contributed by atoms with E-state index in [1.807, 2.05) is 49.9 Å². The summed E-state index contributed by atoms with van der Waals surface area (Å²) in [4.78, 5) is 30.6. The van der Waals surface area contributed by atoms with E-state index in [1.165, 1.54) is 10.4 Å². The van der Waals surface area contributed by atoms with Crippen molar-refractivity contribution in [1.82, 2.24) is 15.1 Å². The molecule has 1 aromatic carbocycles. The first-order chi connectivity index (χ1) is 15.0. The Bertz CT molecular complexity index is 865. The summed E-state index contributed by atoms with van der Waals surface area (Å²) in [6.45, 7) is 8.37. The van der Waals surface area contributed by atoms with Crippen LogP contribution < -0.4 is 10.1 Å². The SMILES string of the molecule is CCCNC(=O)N(CCC)CC(=O)N1CCc2sccc2[C@@H]1COc1ccc(C)cc1. The molecule has 2 heterocycles. The average Bonchev–Trinajstić information content (AvgIpc) is 3.25. The first kappa shape index (κ1) is 23.1. The molecule has 0 spiro atoms. The Balaban J connectivity index is 1.72. The minimum Gasteiger partial charge on any atom is -0.491 e. The highest BCUT2D eigenvalue weighted by Gasteiger charge is 2.33. The van der Waals surface area contributed by atoms with Gasteiger partial charge in [-0.15, -0.1) is 11.3 Å². The normalized spacial score (nSPS) is 15.3. The minimum atomic E-state index is -0.169. The number of urea groups is 1. The van der Waals surface area contributed by atoms with E-state index in [-0.39, 0.29) is 24.5 Å². The molecule has 0 bridgehead atoms. The zero-order chi connectivity index (χ0) is 22.2. The molecule has 1 aliphatic heterocycles. The lowest BCUT2D eigenvalue weighted by molar-refractivity contribution is -0.135. The van der Waals surface area contributed by atoms with Crippen LogP contribution in [0, 0.1) is 6.92 Å². The third kappa shape index (κ3) is 6.00. The zero-order valence-corrected chi connectivity index (χ0v) is 19.5. The summed E-state index contributed by atoms with van der Waals surface area (Å²) in [6, 6.07) is 9.74. The monoisotopic (exact) mass is 443 g/mol. The number of amides is 3. The van der Waals surface area contributed by atoms with E-state index in [2.05, 4.69) is 16.8 Å². The fourth-order valence-corrected chi connectivity index (χ4v) is 4.73. The lowest BCUT2D eigenvalue weighted by Gasteiger charge is -2.37. The average molecular weight is 444 g/mol. The van der Waals surface area contributed by atoms with E-state index in [9.17, 15) is 9.59 Å². The number of fused-ring (bicyclic) bond motifs is 1. The summed E-state index contributed by atoms with van der Waals surface area (Å²) in [6.07, 6.45) is 2.52. The molecular weight excluding hydrogens is 410 g/mol. The molecule has 7 heteroatoms. The van der Waals surface area contributed by atoms with Crippen LogP contribution in [0.25, 0.3) is 0 Å². The summed E-state index contributed by atoms with van der Waals surface area (Å²) < 4.78 is 6.08. The van der Waals surface area contributed by atoms with Crippen LogP contribution in [-0.2, 0) is 11.2 Å². The molecule has 3 rings (SSSR count). The van der Waals surface area contributed by atoms with Crippen molar-refractivity contribution in [3.63, 3.8) is 0 Å². The van der Waals surface area contributed by atoms with Gasteiger partial charge in [-0.2, -0.15) is 0 Å². The van der Waals surface area contributed by atoms with Crippen LogP contribution in [0.4, 0.5) is 4.79 Å². The molecule has 0 radical (unpaired) electrons. The lowest BCUT2D eigenvalue weighted by atomic mass is 10.0. The van der Waals surface area contributed by atoms with Gasteiger partial charge < -0.3 is 19.9 Å². The number of carbonyl (C=O) groups excluding carboxylic acids is 2. The Kier molecular flexibility index (Phi) is 8.35. The van der Waals surface area contributed by atoms with E-state index < -0.39 is 0 Å². The van der Waals surface area contributed by atoms with E-state index in [4.69, 9.17) is 4.74 Å². The summed E-state index contributed by atoms with van der Waals surface area (Å²) in [5.74, 6) is 0.765. The molecule has 3 amide bonds. The number of hydrogen-bond donors (Lipinski definition) is 1. The molecule has 0 unspecified atom stereocenters. The van der Waals surface area contributed by atoms with Gasteiger partial charge in [0.1, 0.15) is 18.9 Å². The number of carbonyl (C=O) groups is 2. The van der Waals surface area contributed by atoms with Crippen LogP contribution in [0.3, 0.4) is 0 Å². The molecule has 1 N–H and O–H groups in total. The van der Waals surface area contributed by atoms with Gasteiger partial charge in [-0.25, -0.2) is 4.79 Å². The van der Waals surface area contributed by atoms with Crippen LogP contribution >= 0.6 is 11.3 Å². The number of nitrogens with zero attached hydrogens (tertiary/aromatic N) is 2. The van der Waals surface area contributed by atoms with Gasteiger partial charge in [0.2, 0.25) is 5.91 Å². The Morgan fingerprint density at radius 3 is 2.68 bits per heavy atom. The highest BCUT2D eigenvalue weighted by molar-refractivity contribution is 7.10. The van der Waals surface area contributed by atoms with E-state index in [0.29, 0.717) is 26.2 Å². The number of benzene rings is 1. The van der Waals surface area contributed by atoms with Crippen molar-refractivity contribution in [2.45, 2.75) is 46.1 Å². The summed E-state index contributed by atoms with van der Waals surface area (Å²) in [5, 5.41) is 4.98. The van der Waals surface area contributed by atoms with Crippen LogP contribution in [0.2, 0.25) is 0 Å². The molecule has 1 aliphatic rings. The molecule has 1 atom stereocenters. The number of nitrogens with one attached hydrogen (secondary N) is 1. The van der Waals surface area contributed by atoms with Gasteiger partial charge in [-0.3, -0.25) is 4.79 Å². The van der Waals surface area contributed by atoms with Gasteiger partial charge in [0, 0.05) is 24.5 Å². The predicted molar refractivity (Wildman–Crippen MR) is 125 cm³/mol. The number of thiophene rings is 1. The molecule has 2 aromatic rings. The molecule has 1 aromatic heterocycles. The van der Waals surface area contributed by atoms with Crippen LogP contribution in [0.5, 0.6) is 5.75 Å². The quantitative estimate of drug-likeness (QED) is 0.625. The van der Waals surface area contributed by atoms with Gasteiger partial charge in [-0.1, -0.05) is 31.5 Å². The first-order valence-corrected chi connectivity index (χ1v) is 12.0. The topological polar surface area (TPSA) is 61.9 Å². The third-order valence-corrected chi connectivity index (χ3v) is 6.47. The van der Waals surface area contributed by atoms with E-state index in [0.717, 1.165) is 30.6 Å². The van der Waals surface area contributed by atoms with Gasteiger partial charge >= 0.3 is 6.03 Å². The number of rotatable bonds is 9. The van der Waals surface area contributed by atoms with E-state index in [1.54, 1.807) is 16.2 Å². The zero-order valence-electron chi connectivity index (χ0n) is 18.7. The Hall–Kier alpha value is -2.54. The summed E-state index contributed by atoms with van der Waals surface area (Å²) >= 11 is 1.73. The van der Waals surface area contributed by atoms with Crippen molar-refractivity contribution in [1.29, 1.82) is 0 Å². The van der Waals surface area contributed by atoms with Crippen molar-refractivity contribution >= 4 is 23.3 Å². The van der Waals surface area contributed by atoms with Gasteiger partial charge in [0.05, 0.1) is 6.04 Å².